The van der Waals surface area contributed by atoms with Gasteiger partial charge in [0.05, 0.1) is 26.4 Å². The zero-order valence-corrected chi connectivity index (χ0v) is 70.5. The minimum absolute atomic E-state index is 0.109. The first-order valence-corrected chi connectivity index (χ1v) is 47.8. The van der Waals surface area contributed by atoms with Crippen molar-refractivity contribution in [3.05, 3.63) is 0 Å². The average Bonchev–Trinajstić information content (AvgIpc) is 0.916. The third-order valence-corrected chi connectivity index (χ3v) is 22.3. The minimum atomic E-state index is -4.96. The summed E-state index contributed by atoms with van der Waals surface area (Å²) in [6, 6.07) is 0. The molecule has 0 aliphatic heterocycles. The van der Waals surface area contributed by atoms with Crippen LogP contribution in [-0.4, -0.2) is 96.7 Å². The summed E-state index contributed by atoms with van der Waals surface area (Å²) >= 11 is 0. The van der Waals surface area contributed by atoms with Gasteiger partial charge in [-0.15, -0.1) is 0 Å². The third kappa shape index (κ3) is 79.9. The fourth-order valence-corrected chi connectivity index (χ4v) is 15.1. The molecule has 0 spiro atoms. The van der Waals surface area contributed by atoms with E-state index in [2.05, 4.69) is 27.7 Å². The van der Waals surface area contributed by atoms with E-state index < -0.39 is 97.5 Å². The number of rotatable bonds is 87. The number of aliphatic hydroxyl groups excluding tert-OH is 1. The molecule has 19 heteroatoms. The Balaban J connectivity index is 5.21. The zero-order valence-electron chi connectivity index (χ0n) is 68.7. The van der Waals surface area contributed by atoms with Crippen LogP contribution in [0.2, 0.25) is 0 Å². The number of hydrogen-bond donors (Lipinski definition) is 3. The van der Waals surface area contributed by atoms with E-state index in [0.717, 1.165) is 89.9 Å². The van der Waals surface area contributed by atoms with E-state index in [-0.39, 0.29) is 25.7 Å². The number of aliphatic hydroxyl groups is 1. The lowest BCUT2D eigenvalue weighted by molar-refractivity contribution is -0.161. The van der Waals surface area contributed by atoms with Crippen molar-refractivity contribution >= 4 is 39.5 Å². The van der Waals surface area contributed by atoms with E-state index in [4.69, 9.17) is 37.0 Å². The number of phosphoric ester groups is 2. The molecule has 3 N–H and O–H groups in total. The Labute approximate surface area is 645 Å². The van der Waals surface area contributed by atoms with Gasteiger partial charge in [0, 0.05) is 25.7 Å². The summed E-state index contributed by atoms with van der Waals surface area (Å²) in [5.74, 6) is -2.10. The second-order valence-corrected chi connectivity index (χ2v) is 33.8. The van der Waals surface area contributed by atoms with Gasteiger partial charge in [-0.3, -0.25) is 37.3 Å². The molecule has 0 rings (SSSR count). The molecule has 0 saturated carbocycles. The van der Waals surface area contributed by atoms with Gasteiger partial charge in [0.25, 0.3) is 0 Å². The van der Waals surface area contributed by atoms with Crippen LogP contribution in [-0.2, 0) is 65.4 Å². The molecule has 0 aliphatic carbocycles. The van der Waals surface area contributed by atoms with Gasteiger partial charge in [-0.1, -0.05) is 419 Å². The summed E-state index contributed by atoms with van der Waals surface area (Å²) in [6.07, 6.45) is 75.0. The van der Waals surface area contributed by atoms with E-state index in [1.54, 1.807) is 0 Å². The van der Waals surface area contributed by atoms with Crippen LogP contribution in [0.3, 0.4) is 0 Å². The molecule has 5 atom stereocenters. The number of ether oxygens (including phenoxy) is 4. The molecule has 0 bridgehead atoms. The fourth-order valence-electron chi connectivity index (χ4n) is 13.5. The number of esters is 4. The Morgan fingerprint density at radius 3 is 0.562 bits per heavy atom. The lowest BCUT2D eigenvalue weighted by Gasteiger charge is -2.21. The Bertz CT molecular complexity index is 1980. The van der Waals surface area contributed by atoms with Crippen LogP contribution in [0.4, 0.5) is 0 Å². The number of unbranched alkanes of at least 4 members (excludes halogenated alkanes) is 61. The lowest BCUT2D eigenvalue weighted by atomic mass is 10.0. The molecule has 0 aromatic carbocycles. The lowest BCUT2D eigenvalue weighted by Crippen LogP contribution is -2.30. The van der Waals surface area contributed by atoms with Crippen molar-refractivity contribution < 1.29 is 80.2 Å². The van der Waals surface area contributed by atoms with Crippen molar-refractivity contribution in [1.29, 1.82) is 0 Å². The highest BCUT2D eigenvalue weighted by Crippen LogP contribution is 2.45. The van der Waals surface area contributed by atoms with Crippen LogP contribution < -0.4 is 0 Å². The van der Waals surface area contributed by atoms with E-state index in [1.165, 1.54) is 302 Å². The number of hydrogen-bond acceptors (Lipinski definition) is 15. The summed E-state index contributed by atoms with van der Waals surface area (Å²) < 4.78 is 68.9. The number of phosphoric acid groups is 2. The zero-order chi connectivity index (χ0) is 76.7. The van der Waals surface area contributed by atoms with Crippen LogP contribution >= 0.6 is 15.6 Å². The molecular weight excluding hydrogens is 1370 g/mol. The largest absolute Gasteiger partial charge is 0.472 e. The quantitative estimate of drug-likeness (QED) is 0.0222. The highest BCUT2D eigenvalue weighted by atomic mass is 31.2. The summed E-state index contributed by atoms with van der Waals surface area (Å²) in [5, 5.41) is 10.7. The molecule has 2 unspecified atom stereocenters. The van der Waals surface area contributed by atoms with Gasteiger partial charge >= 0.3 is 39.5 Å². The maximum Gasteiger partial charge on any atom is 0.472 e. The van der Waals surface area contributed by atoms with Gasteiger partial charge in [-0.25, -0.2) is 9.13 Å². The predicted molar refractivity (Wildman–Crippen MR) is 432 cm³/mol. The highest BCUT2D eigenvalue weighted by molar-refractivity contribution is 7.47. The number of carbonyl (C=O) groups excluding carboxylic acids is 4. The van der Waals surface area contributed by atoms with E-state index >= 15 is 0 Å². The smallest absolute Gasteiger partial charge is 0.462 e. The van der Waals surface area contributed by atoms with Crippen molar-refractivity contribution in [3.8, 4) is 0 Å². The summed E-state index contributed by atoms with van der Waals surface area (Å²) in [5.41, 5.74) is 0. The van der Waals surface area contributed by atoms with Crippen LogP contribution in [0.15, 0.2) is 0 Å². The first-order valence-electron chi connectivity index (χ1n) is 44.8. The van der Waals surface area contributed by atoms with Crippen molar-refractivity contribution in [2.24, 2.45) is 0 Å². The van der Waals surface area contributed by atoms with Crippen molar-refractivity contribution in [1.82, 2.24) is 0 Å². The van der Waals surface area contributed by atoms with Crippen molar-refractivity contribution in [3.63, 3.8) is 0 Å². The molecule has 0 fully saturated rings. The monoisotopic (exact) mass is 1540 g/mol. The normalized spacial score (nSPS) is 13.7. The standard InChI is InChI=1S/C86H168O17P2/c1-5-9-13-17-21-25-29-32-35-37-39-40-41-42-44-47-50-53-57-61-65-69-73-86(91)103-82(77-97-84(89)71-67-63-59-55-51-48-46-43-38-36-33-30-26-22-18-14-10-6-2)79-101-105(94,95)99-75-80(87)74-98-104(92,93)100-78-81(76-96-83(88)70-66-62-58-54-28-24-20-16-12-8-4)102-85(90)72-68-64-60-56-52-49-45-34-31-27-23-19-15-11-7-3/h80-82,87H,5-79H2,1-4H3,(H,92,93)(H,94,95)/t80-,81+,82+/m0/s1. The molecular formula is C86H168O17P2. The van der Waals surface area contributed by atoms with Crippen LogP contribution in [0.1, 0.15) is 471 Å². The molecule has 0 radical (unpaired) electrons. The maximum absolute atomic E-state index is 13.1. The van der Waals surface area contributed by atoms with Gasteiger partial charge in [0.2, 0.25) is 0 Å². The molecule has 0 saturated heterocycles. The Kier molecular flexibility index (Phi) is 78.6. The van der Waals surface area contributed by atoms with Gasteiger partial charge < -0.3 is 33.8 Å². The van der Waals surface area contributed by atoms with E-state index in [1.807, 2.05) is 0 Å². The highest BCUT2D eigenvalue weighted by Gasteiger charge is 2.30. The Hall–Kier alpha value is -1.94. The molecule has 17 nitrogen and oxygen atoms in total. The van der Waals surface area contributed by atoms with Gasteiger partial charge in [-0.2, -0.15) is 0 Å². The van der Waals surface area contributed by atoms with Crippen molar-refractivity contribution in [2.45, 2.75) is 489 Å². The third-order valence-electron chi connectivity index (χ3n) is 20.4. The van der Waals surface area contributed by atoms with Crippen molar-refractivity contribution in [2.75, 3.05) is 39.6 Å². The molecule has 0 aromatic rings. The topological polar surface area (TPSA) is 237 Å². The Morgan fingerprint density at radius 1 is 0.229 bits per heavy atom. The number of carbonyl (C=O) groups is 4. The fraction of sp³-hybridized carbons (Fsp3) is 0.953. The molecule has 624 valence electrons. The summed E-state index contributed by atoms with van der Waals surface area (Å²) in [7, 11) is -9.92. The second kappa shape index (κ2) is 80.1. The predicted octanol–water partition coefficient (Wildman–Crippen LogP) is 26.5. The van der Waals surface area contributed by atoms with E-state index in [0.29, 0.717) is 25.7 Å². The Morgan fingerprint density at radius 2 is 0.381 bits per heavy atom. The molecule has 0 aliphatic rings. The molecule has 0 amide bonds. The molecule has 0 heterocycles. The minimum Gasteiger partial charge on any atom is -0.462 e. The summed E-state index contributed by atoms with van der Waals surface area (Å²) in [6.45, 7) is 5.05. The van der Waals surface area contributed by atoms with Gasteiger partial charge in [0.15, 0.2) is 12.2 Å². The van der Waals surface area contributed by atoms with Crippen LogP contribution in [0.25, 0.3) is 0 Å². The van der Waals surface area contributed by atoms with Crippen LogP contribution in [0, 0.1) is 0 Å². The first kappa shape index (κ1) is 103. The SMILES string of the molecule is CCCCCCCCCCCCCCCCCCCCCCCCC(=O)O[C@H](COC(=O)CCCCCCCCCCCCCCCCCCCC)COP(=O)(O)OC[C@@H](O)COP(=O)(O)OC[C@@H](COC(=O)CCCCCCCCCCCC)OC(=O)CCCCCCCCCCCCCCCCC. The van der Waals surface area contributed by atoms with Gasteiger partial charge in [-0.05, 0) is 25.7 Å². The average molecular weight is 1540 g/mol. The van der Waals surface area contributed by atoms with E-state index in [9.17, 15) is 43.2 Å². The first-order chi connectivity index (χ1) is 51.2. The molecule has 105 heavy (non-hydrogen) atoms. The van der Waals surface area contributed by atoms with Gasteiger partial charge in [0.1, 0.15) is 19.3 Å². The maximum atomic E-state index is 13.1. The second-order valence-electron chi connectivity index (χ2n) is 30.9. The summed E-state index contributed by atoms with van der Waals surface area (Å²) in [4.78, 5) is 73.2. The molecule has 0 aromatic heterocycles. The van der Waals surface area contributed by atoms with Crippen LogP contribution in [0.5, 0.6) is 0 Å².